The highest BCUT2D eigenvalue weighted by molar-refractivity contribution is 7.87. The van der Waals surface area contributed by atoms with Gasteiger partial charge in [0.05, 0.1) is 13.2 Å². The first-order valence-corrected chi connectivity index (χ1v) is 6.80. The summed E-state index contributed by atoms with van der Waals surface area (Å²) in [7, 11) is 0.786. The van der Waals surface area contributed by atoms with Gasteiger partial charge >= 0.3 is 0 Å². The van der Waals surface area contributed by atoms with Crippen molar-refractivity contribution in [3.8, 4) is 5.75 Å². The van der Waals surface area contributed by atoms with Crippen molar-refractivity contribution in [1.82, 2.24) is 9.03 Å². The Morgan fingerprint density at radius 3 is 2.56 bits per heavy atom. The number of aliphatic hydroxyl groups is 1. The maximum Gasteiger partial charge on any atom is 0.279 e. The molecule has 2 N–H and O–H groups in total. The number of hydrogen-bond acceptors (Lipinski definition) is 4. The summed E-state index contributed by atoms with van der Waals surface area (Å²) in [6.07, 6.45) is -0.962. The van der Waals surface area contributed by atoms with E-state index < -0.39 is 16.3 Å². The maximum atomic E-state index is 11.5. The van der Waals surface area contributed by atoms with Crippen molar-refractivity contribution in [3.05, 3.63) is 29.8 Å². The van der Waals surface area contributed by atoms with Crippen LogP contribution in [0.1, 0.15) is 11.7 Å². The zero-order chi connectivity index (χ0) is 13.8. The number of hydrogen-bond donors (Lipinski definition) is 2. The summed E-state index contributed by atoms with van der Waals surface area (Å²) in [6.45, 7) is -0.110. The van der Waals surface area contributed by atoms with Gasteiger partial charge in [-0.15, -0.1) is 0 Å². The Hall–Kier alpha value is -1.15. The van der Waals surface area contributed by atoms with Gasteiger partial charge in [-0.3, -0.25) is 0 Å². The minimum atomic E-state index is -3.54. The normalized spacial score (nSPS) is 13.6. The first-order chi connectivity index (χ1) is 8.38. The predicted octanol–water partition coefficient (Wildman–Crippen LogP) is 0.125. The molecule has 0 saturated heterocycles. The van der Waals surface area contributed by atoms with Gasteiger partial charge in [-0.2, -0.15) is 17.4 Å². The fourth-order valence-electron chi connectivity index (χ4n) is 1.37. The third kappa shape index (κ3) is 3.67. The lowest BCUT2D eigenvalue weighted by molar-refractivity contribution is 0.177. The Labute approximate surface area is 107 Å². The molecule has 1 atom stereocenters. The largest absolute Gasteiger partial charge is 0.496 e. The number of benzene rings is 1. The van der Waals surface area contributed by atoms with Gasteiger partial charge in [0.1, 0.15) is 5.75 Å². The molecule has 1 aromatic carbocycles. The van der Waals surface area contributed by atoms with Crippen LogP contribution in [-0.2, 0) is 10.2 Å². The van der Waals surface area contributed by atoms with Gasteiger partial charge in [0.2, 0.25) is 0 Å². The molecule has 0 aliphatic heterocycles. The smallest absolute Gasteiger partial charge is 0.279 e. The molecule has 18 heavy (non-hydrogen) atoms. The highest BCUT2D eigenvalue weighted by Gasteiger charge is 2.18. The third-order valence-corrected chi connectivity index (χ3v) is 3.93. The van der Waals surface area contributed by atoms with E-state index in [1.165, 1.54) is 21.2 Å². The zero-order valence-corrected chi connectivity index (χ0v) is 11.4. The molecule has 1 aromatic rings. The Kier molecular flexibility index (Phi) is 5.09. The molecule has 0 radical (unpaired) electrons. The number of rotatable bonds is 6. The lowest BCUT2D eigenvalue weighted by Crippen LogP contribution is -2.37. The number of ether oxygens (including phenoxy) is 1. The first-order valence-electron chi connectivity index (χ1n) is 5.36. The minimum Gasteiger partial charge on any atom is -0.496 e. The van der Waals surface area contributed by atoms with Crippen LogP contribution in [0.3, 0.4) is 0 Å². The average Bonchev–Trinajstić information content (AvgIpc) is 2.35. The molecule has 0 aliphatic carbocycles. The molecule has 0 aromatic heterocycles. The molecule has 6 nitrogen and oxygen atoms in total. The summed E-state index contributed by atoms with van der Waals surface area (Å²) >= 11 is 0. The van der Waals surface area contributed by atoms with E-state index in [0.29, 0.717) is 11.3 Å². The monoisotopic (exact) mass is 274 g/mol. The van der Waals surface area contributed by atoms with Crippen molar-refractivity contribution in [2.75, 3.05) is 27.7 Å². The maximum absolute atomic E-state index is 11.5. The molecule has 0 saturated carbocycles. The van der Waals surface area contributed by atoms with Crippen molar-refractivity contribution in [1.29, 1.82) is 0 Å². The van der Waals surface area contributed by atoms with Crippen LogP contribution in [0.5, 0.6) is 5.75 Å². The summed E-state index contributed by atoms with van der Waals surface area (Å²) in [5, 5.41) is 9.95. The number of para-hydroxylation sites is 1. The minimum absolute atomic E-state index is 0.110. The van der Waals surface area contributed by atoms with Crippen LogP contribution in [0.2, 0.25) is 0 Å². The second-order valence-electron chi connectivity index (χ2n) is 3.89. The molecule has 0 fully saturated rings. The first kappa shape index (κ1) is 14.9. The summed E-state index contributed by atoms with van der Waals surface area (Å²) in [4.78, 5) is 0. The molecular formula is C11H18N2O4S. The van der Waals surface area contributed by atoms with Crippen LogP contribution in [0.15, 0.2) is 24.3 Å². The van der Waals surface area contributed by atoms with E-state index in [1.807, 2.05) is 0 Å². The summed E-state index contributed by atoms with van der Waals surface area (Å²) in [6, 6.07) is 6.92. The fourth-order valence-corrected chi connectivity index (χ4v) is 1.99. The van der Waals surface area contributed by atoms with Gasteiger partial charge in [-0.25, -0.2) is 0 Å². The second kappa shape index (κ2) is 6.14. The van der Waals surface area contributed by atoms with Gasteiger partial charge in [0, 0.05) is 26.2 Å². The van der Waals surface area contributed by atoms with Crippen LogP contribution < -0.4 is 9.46 Å². The van der Waals surface area contributed by atoms with Crippen LogP contribution in [0.25, 0.3) is 0 Å². The number of nitrogens with one attached hydrogen (secondary N) is 1. The Morgan fingerprint density at radius 2 is 2.00 bits per heavy atom. The molecule has 0 amide bonds. The Balaban J connectivity index is 2.75. The molecule has 1 unspecified atom stereocenters. The van der Waals surface area contributed by atoms with Crippen LogP contribution in [0.4, 0.5) is 0 Å². The fraction of sp³-hybridized carbons (Fsp3) is 0.455. The van der Waals surface area contributed by atoms with Crippen molar-refractivity contribution >= 4 is 10.2 Å². The van der Waals surface area contributed by atoms with Crippen LogP contribution in [0, 0.1) is 0 Å². The molecule has 0 aliphatic rings. The van der Waals surface area contributed by atoms with E-state index in [-0.39, 0.29) is 6.54 Å². The average molecular weight is 274 g/mol. The van der Waals surface area contributed by atoms with Gasteiger partial charge in [-0.1, -0.05) is 18.2 Å². The molecular weight excluding hydrogens is 256 g/mol. The lowest BCUT2D eigenvalue weighted by Gasteiger charge is -2.17. The third-order valence-electron chi connectivity index (χ3n) is 2.44. The lowest BCUT2D eigenvalue weighted by atomic mass is 10.1. The van der Waals surface area contributed by atoms with Crippen molar-refractivity contribution in [3.63, 3.8) is 0 Å². The number of methoxy groups -OCH3 is 1. The van der Waals surface area contributed by atoms with E-state index in [2.05, 4.69) is 4.72 Å². The topological polar surface area (TPSA) is 78.9 Å². The molecule has 0 heterocycles. The van der Waals surface area contributed by atoms with Gasteiger partial charge in [-0.05, 0) is 6.07 Å². The number of aliphatic hydroxyl groups excluding tert-OH is 1. The molecule has 102 valence electrons. The van der Waals surface area contributed by atoms with Crippen molar-refractivity contribution in [2.45, 2.75) is 6.10 Å². The van der Waals surface area contributed by atoms with E-state index in [9.17, 15) is 13.5 Å². The zero-order valence-electron chi connectivity index (χ0n) is 10.6. The molecule has 7 heteroatoms. The van der Waals surface area contributed by atoms with Crippen molar-refractivity contribution in [2.24, 2.45) is 0 Å². The highest BCUT2D eigenvalue weighted by Crippen LogP contribution is 2.24. The van der Waals surface area contributed by atoms with E-state index in [0.717, 1.165) is 4.31 Å². The Bertz CT molecular complexity index is 488. The van der Waals surface area contributed by atoms with Crippen LogP contribution >= 0.6 is 0 Å². The van der Waals surface area contributed by atoms with E-state index in [1.54, 1.807) is 24.3 Å². The van der Waals surface area contributed by atoms with E-state index in [4.69, 9.17) is 4.74 Å². The summed E-state index contributed by atoms with van der Waals surface area (Å²) in [5.74, 6) is 0.522. The standard InChI is InChI=1S/C11H18N2O4S/c1-13(2)18(15,16)12-8-10(14)9-6-4-5-7-11(9)17-3/h4-7,10,12,14H,8H2,1-3H3. The summed E-state index contributed by atoms with van der Waals surface area (Å²) < 4.78 is 31.4. The molecule has 0 spiro atoms. The van der Waals surface area contributed by atoms with Gasteiger partial charge < -0.3 is 9.84 Å². The summed E-state index contributed by atoms with van der Waals surface area (Å²) in [5.41, 5.74) is 0.543. The van der Waals surface area contributed by atoms with Crippen molar-refractivity contribution < 1.29 is 18.3 Å². The number of nitrogens with zero attached hydrogens (tertiary/aromatic N) is 1. The van der Waals surface area contributed by atoms with E-state index >= 15 is 0 Å². The highest BCUT2D eigenvalue weighted by atomic mass is 32.2. The van der Waals surface area contributed by atoms with Gasteiger partial charge in [0.15, 0.2) is 0 Å². The Morgan fingerprint density at radius 1 is 1.39 bits per heavy atom. The van der Waals surface area contributed by atoms with Crippen LogP contribution in [-0.4, -0.2) is 45.6 Å². The van der Waals surface area contributed by atoms with Gasteiger partial charge in [0.25, 0.3) is 10.2 Å². The quantitative estimate of drug-likeness (QED) is 0.772. The SMILES string of the molecule is COc1ccccc1C(O)CNS(=O)(=O)N(C)C. The molecule has 0 bridgehead atoms. The second-order valence-corrected chi connectivity index (χ2v) is 5.86. The predicted molar refractivity (Wildman–Crippen MR) is 68.6 cm³/mol. The molecule has 1 rings (SSSR count).